The fourth-order valence-electron chi connectivity index (χ4n) is 2.77. The van der Waals surface area contributed by atoms with Crippen molar-refractivity contribution in [3.05, 3.63) is 35.4 Å². The molecule has 1 fully saturated rings. The Balaban J connectivity index is 1.94. The van der Waals surface area contributed by atoms with Crippen molar-refractivity contribution in [3.63, 3.8) is 0 Å². The van der Waals surface area contributed by atoms with Crippen molar-refractivity contribution >= 4 is 11.9 Å². The van der Waals surface area contributed by atoms with Gasteiger partial charge >= 0.3 is 12.1 Å². The van der Waals surface area contributed by atoms with E-state index >= 15 is 0 Å². The normalized spacial score (nSPS) is 19.5. The van der Waals surface area contributed by atoms with Crippen molar-refractivity contribution < 1.29 is 32.6 Å². The predicted molar refractivity (Wildman–Crippen MR) is 83.0 cm³/mol. The van der Waals surface area contributed by atoms with Crippen LogP contribution in [-0.2, 0) is 20.5 Å². The summed E-state index contributed by atoms with van der Waals surface area (Å²) < 4.78 is 43.1. The van der Waals surface area contributed by atoms with E-state index in [9.17, 15) is 22.8 Å². The summed E-state index contributed by atoms with van der Waals surface area (Å²) in [6.45, 7) is 2.65. The van der Waals surface area contributed by atoms with E-state index in [2.05, 4.69) is 0 Å². The Hall–Kier alpha value is -2.09. The zero-order valence-electron chi connectivity index (χ0n) is 13.8. The quantitative estimate of drug-likeness (QED) is 0.878. The summed E-state index contributed by atoms with van der Waals surface area (Å²) in [7, 11) is 0. The molecule has 1 heterocycles. The summed E-state index contributed by atoms with van der Waals surface area (Å²) in [5.74, 6) is -1.39. The number of carbonyl (C=O) groups is 2. The number of rotatable bonds is 5. The second-order valence-electron chi connectivity index (χ2n) is 6.16. The summed E-state index contributed by atoms with van der Waals surface area (Å²) in [6.07, 6.45) is -4.94. The summed E-state index contributed by atoms with van der Waals surface area (Å²) in [6, 6.07) is 4.78. The van der Waals surface area contributed by atoms with Crippen LogP contribution in [0.2, 0.25) is 0 Å². The maximum atomic E-state index is 12.6. The molecule has 1 aliphatic heterocycles. The fourth-order valence-corrected chi connectivity index (χ4v) is 2.77. The van der Waals surface area contributed by atoms with Crippen molar-refractivity contribution in [2.75, 3.05) is 19.7 Å². The lowest BCUT2D eigenvalue weighted by Gasteiger charge is -2.33. The molecule has 2 rings (SSSR count). The predicted octanol–water partition coefficient (Wildman–Crippen LogP) is 2.90. The van der Waals surface area contributed by atoms with Gasteiger partial charge in [0.2, 0.25) is 5.91 Å². The van der Waals surface area contributed by atoms with E-state index in [0.29, 0.717) is 12.1 Å². The first-order chi connectivity index (χ1) is 11.7. The Morgan fingerprint density at radius 3 is 2.52 bits per heavy atom. The highest BCUT2D eigenvalue weighted by atomic mass is 19.4. The molecule has 5 nitrogen and oxygen atoms in total. The second-order valence-corrected chi connectivity index (χ2v) is 6.16. The van der Waals surface area contributed by atoms with Gasteiger partial charge in [0.1, 0.15) is 0 Å². The van der Waals surface area contributed by atoms with Crippen LogP contribution in [-0.4, -0.2) is 47.7 Å². The molecule has 138 valence electrons. The van der Waals surface area contributed by atoms with Crippen molar-refractivity contribution in [2.45, 2.75) is 38.0 Å². The first kappa shape index (κ1) is 19.2. The van der Waals surface area contributed by atoms with Gasteiger partial charge in [0.05, 0.1) is 24.7 Å². The zero-order valence-corrected chi connectivity index (χ0v) is 13.8. The molecule has 0 radical (unpaired) electrons. The number of ether oxygens (including phenoxy) is 1. The lowest BCUT2D eigenvalue weighted by Crippen LogP contribution is -2.46. The number of hydrogen-bond acceptors (Lipinski definition) is 3. The average Bonchev–Trinajstić information content (AvgIpc) is 2.53. The number of carboxylic acids is 1. The topological polar surface area (TPSA) is 66.8 Å². The first-order valence-electron chi connectivity index (χ1n) is 7.95. The van der Waals surface area contributed by atoms with E-state index in [0.717, 1.165) is 12.1 Å². The molecule has 1 aromatic carbocycles. The summed E-state index contributed by atoms with van der Waals surface area (Å²) in [5, 5.41) is 8.80. The third-order valence-corrected chi connectivity index (χ3v) is 4.18. The monoisotopic (exact) mass is 359 g/mol. The Labute approximate surface area is 143 Å². The molecule has 1 amide bonds. The smallest absolute Gasteiger partial charge is 0.416 e. The molecule has 0 spiro atoms. The number of nitrogens with zero attached hydrogens (tertiary/aromatic N) is 1. The largest absolute Gasteiger partial charge is 0.481 e. The van der Waals surface area contributed by atoms with Crippen LogP contribution in [0.4, 0.5) is 13.2 Å². The van der Waals surface area contributed by atoms with Gasteiger partial charge in [-0.3, -0.25) is 9.59 Å². The molecular formula is C17H20F3NO4. The summed E-state index contributed by atoms with van der Waals surface area (Å²) >= 11 is 0. The molecule has 1 N–H and O–H groups in total. The number of carbonyl (C=O) groups excluding carboxylic acids is 1. The van der Waals surface area contributed by atoms with Gasteiger partial charge in [-0.1, -0.05) is 19.1 Å². The molecule has 0 aliphatic carbocycles. The van der Waals surface area contributed by atoms with Gasteiger partial charge in [0, 0.05) is 19.5 Å². The SMILES string of the molecule is CC(CC(=O)N1CCOC(CC(=O)O)C1)c1ccc(C(F)(F)F)cc1. The Bertz CT molecular complexity index is 615. The Kier molecular flexibility index (Phi) is 6.05. The van der Waals surface area contributed by atoms with Gasteiger partial charge in [-0.2, -0.15) is 13.2 Å². The maximum absolute atomic E-state index is 12.6. The number of carboxylic acid groups (broad SMARTS) is 1. The van der Waals surface area contributed by atoms with Gasteiger partial charge in [0.15, 0.2) is 0 Å². The van der Waals surface area contributed by atoms with Crippen molar-refractivity contribution in [3.8, 4) is 0 Å². The lowest BCUT2D eigenvalue weighted by molar-refractivity contribution is -0.147. The maximum Gasteiger partial charge on any atom is 0.416 e. The number of amides is 1. The highest BCUT2D eigenvalue weighted by Crippen LogP contribution is 2.30. The van der Waals surface area contributed by atoms with Crippen molar-refractivity contribution in [2.24, 2.45) is 0 Å². The van der Waals surface area contributed by atoms with Crippen LogP contribution in [0, 0.1) is 0 Å². The first-order valence-corrected chi connectivity index (χ1v) is 7.95. The van der Waals surface area contributed by atoms with Gasteiger partial charge in [-0.25, -0.2) is 0 Å². The van der Waals surface area contributed by atoms with E-state index < -0.39 is 23.8 Å². The zero-order chi connectivity index (χ0) is 18.6. The van der Waals surface area contributed by atoms with Crippen LogP contribution in [0.1, 0.15) is 36.8 Å². The van der Waals surface area contributed by atoms with Crippen LogP contribution in [0.3, 0.4) is 0 Å². The van der Waals surface area contributed by atoms with Crippen LogP contribution < -0.4 is 0 Å². The molecule has 2 unspecified atom stereocenters. The van der Waals surface area contributed by atoms with Crippen LogP contribution in [0.15, 0.2) is 24.3 Å². The van der Waals surface area contributed by atoms with Crippen LogP contribution in [0.25, 0.3) is 0 Å². The Morgan fingerprint density at radius 2 is 1.96 bits per heavy atom. The number of alkyl halides is 3. The third kappa shape index (κ3) is 5.45. The third-order valence-electron chi connectivity index (χ3n) is 4.18. The second kappa shape index (κ2) is 7.86. The summed E-state index contributed by atoms with van der Waals surface area (Å²) in [4.78, 5) is 24.7. The lowest BCUT2D eigenvalue weighted by atomic mass is 9.96. The van der Waals surface area contributed by atoms with E-state index in [1.165, 1.54) is 12.1 Å². The van der Waals surface area contributed by atoms with Crippen LogP contribution >= 0.6 is 0 Å². The van der Waals surface area contributed by atoms with Crippen LogP contribution in [0.5, 0.6) is 0 Å². The number of aliphatic carboxylic acids is 1. The molecule has 1 saturated heterocycles. The summed E-state index contributed by atoms with van der Waals surface area (Å²) in [5.41, 5.74) is -0.0730. The minimum atomic E-state index is -4.38. The van der Waals surface area contributed by atoms with Crippen molar-refractivity contribution in [1.82, 2.24) is 4.90 Å². The minimum absolute atomic E-state index is 0.144. The molecule has 2 atom stereocenters. The average molecular weight is 359 g/mol. The molecule has 1 aliphatic rings. The van der Waals surface area contributed by atoms with Gasteiger partial charge in [-0.15, -0.1) is 0 Å². The number of morpholine rings is 1. The molecule has 0 saturated carbocycles. The minimum Gasteiger partial charge on any atom is -0.481 e. The van der Waals surface area contributed by atoms with E-state index in [1.54, 1.807) is 11.8 Å². The molecule has 8 heteroatoms. The van der Waals surface area contributed by atoms with E-state index in [4.69, 9.17) is 9.84 Å². The van der Waals surface area contributed by atoms with E-state index in [-0.39, 0.29) is 37.8 Å². The fraction of sp³-hybridized carbons (Fsp3) is 0.529. The molecule has 25 heavy (non-hydrogen) atoms. The number of halogens is 3. The van der Waals surface area contributed by atoms with Gasteiger partial charge in [-0.05, 0) is 23.6 Å². The highest BCUT2D eigenvalue weighted by Gasteiger charge is 2.30. The number of hydrogen-bond donors (Lipinski definition) is 1. The van der Waals surface area contributed by atoms with Gasteiger partial charge < -0.3 is 14.7 Å². The van der Waals surface area contributed by atoms with E-state index in [1.807, 2.05) is 0 Å². The molecule has 1 aromatic rings. The van der Waals surface area contributed by atoms with Crippen molar-refractivity contribution in [1.29, 1.82) is 0 Å². The molecule has 0 bridgehead atoms. The molecule has 0 aromatic heterocycles. The van der Waals surface area contributed by atoms with Gasteiger partial charge in [0.25, 0.3) is 0 Å². The standard InChI is InChI=1S/C17H20F3NO4/c1-11(12-2-4-13(5-3-12)17(18,19)20)8-15(22)21-6-7-25-14(10-21)9-16(23)24/h2-5,11,14H,6-10H2,1H3,(H,23,24). The molecular weight excluding hydrogens is 339 g/mol. The highest BCUT2D eigenvalue weighted by molar-refractivity contribution is 5.77. The Morgan fingerprint density at radius 1 is 1.32 bits per heavy atom. The number of benzene rings is 1.